The van der Waals surface area contributed by atoms with Gasteiger partial charge in [0, 0.05) is 13.1 Å². The minimum atomic E-state index is -0.449. The predicted molar refractivity (Wildman–Crippen MR) is 80.9 cm³/mol. The van der Waals surface area contributed by atoms with Gasteiger partial charge in [0.1, 0.15) is 5.60 Å². The minimum absolute atomic E-state index is 0.230. The van der Waals surface area contributed by atoms with Crippen molar-refractivity contribution in [1.82, 2.24) is 4.90 Å². The van der Waals surface area contributed by atoms with Crippen LogP contribution in [0.2, 0.25) is 0 Å². The Morgan fingerprint density at radius 1 is 1.33 bits per heavy atom. The number of piperidine rings is 1. The number of nitrogens with zero attached hydrogens (tertiary/aromatic N) is 2. The molecular weight excluding hydrogens is 264 g/mol. The van der Waals surface area contributed by atoms with Crippen LogP contribution in [0.1, 0.15) is 50.7 Å². The molecule has 0 radical (unpaired) electrons. The average molecular weight is 286 g/mol. The zero-order chi connectivity index (χ0) is 15.5. The summed E-state index contributed by atoms with van der Waals surface area (Å²) >= 11 is 0. The van der Waals surface area contributed by atoms with Crippen LogP contribution in [-0.2, 0) is 4.74 Å². The topological polar surface area (TPSA) is 53.3 Å². The first-order valence-corrected chi connectivity index (χ1v) is 7.37. The van der Waals surface area contributed by atoms with E-state index < -0.39 is 5.60 Å². The maximum atomic E-state index is 12.0. The Hall–Kier alpha value is -2.02. The number of carbonyl (C=O) groups excluding carboxylic acids is 1. The number of benzene rings is 1. The lowest BCUT2D eigenvalue weighted by Gasteiger charge is -2.33. The van der Waals surface area contributed by atoms with E-state index in [4.69, 9.17) is 10.00 Å². The number of hydrogen-bond donors (Lipinski definition) is 0. The van der Waals surface area contributed by atoms with Gasteiger partial charge in [-0.2, -0.15) is 5.26 Å². The summed E-state index contributed by atoms with van der Waals surface area (Å²) in [5, 5.41) is 8.96. The predicted octanol–water partition coefficient (Wildman–Crippen LogP) is 3.67. The van der Waals surface area contributed by atoms with E-state index in [2.05, 4.69) is 12.1 Å². The maximum absolute atomic E-state index is 12.0. The van der Waals surface area contributed by atoms with Crippen LogP contribution in [-0.4, -0.2) is 29.7 Å². The molecule has 1 saturated heterocycles. The lowest BCUT2D eigenvalue weighted by atomic mass is 9.89. The van der Waals surface area contributed by atoms with Crippen molar-refractivity contribution < 1.29 is 9.53 Å². The monoisotopic (exact) mass is 286 g/mol. The largest absolute Gasteiger partial charge is 0.444 e. The molecule has 1 aliphatic heterocycles. The van der Waals surface area contributed by atoms with Gasteiger partial charge in [-0.05, 0) is 57.2 Å². The summed E-state index contributed by atoms with van der Waals surface area (Å²) in [4.78, 5) is 13.8. The van der Waals surface area contributed by atoms with E-state index in [9.17, 15) is 4.79 Å². The van der Waals surface area contributed by atoms with Crippen LogP contribution in [0.5, 0.6) is 0 Å². The van der Waals surface area contributed by atoms with Gasteiger partial charge in [-0.1, -0.05) is 12.1 Å². The van der Waals surface area contributed by atoms with Crippen LogP contribution >= 0.6 is 0 Å². The molecule has 0 unspecified atom stereocenters. The number of likely N-dealkylation sites (tertiary alicyclic amines) is 1. The van der Waals surface area contributed by atoms with Crippen LogP contribution < -0.4 is 0 Å². The van der Waals surface area contributed by atoms with Gasteiger partial charge in [-0.25, -0.2) is 4.79 Å². The molecule has 1 aromatic rings. The Morgan fingerprint density at radius 2 is 2.00 bits per heavy atom. The molecule has 1 fully saturated rings. The second kappa shape index (κ2) is 6.17. The molecule has 0 aliphatic carbocycles. The van der Waals surface area contributed by atoms with Crippen molar-refractivity contribution in [1.29, 1.82) is 5.26 Å². The Balaban J connectivity index is 1.94. The Kier molecular flexibility index (Phi) is 4.52. The van der Waals surface area contributed by atoms with Crippen molar-refractivity contribution in [3.05, 3.63) is 35.4 Å². The molecule has 4 heteroatoms. The molecular formula is C17H22N2O2. The van der Waals surface area contributed by atoms with Crippen LogP contribution in [0.3, 0.4) is 0 Å². The van der Waals surface area contributed by atoms with Crippen LogP contribution in [0.4, 0.5) is 4.79 Å². The summed E-state index contributed by atoms with van der Waals surface area (Å²) < 4.78 is 5.40. The molecule has 21 heavy (non-hydrogen) atoms. The lowest BCUT2D eigenvalue weighted by Crippen LogP contribution is -2.41. The number of amides is 1. The Morgan fingerprint density at radius 3 is 2.57 bits per heavy atom. The average Bonchev–Trinajstić information content (AvgIpc) is 2.46. The van der Waals surface area contributed by atoms with Crippen LogP contribution in [0, 0.1) is 11.3 Å². The molecule has 0 aromatic heterocycles. The second-order valence-corrected chi connectivity index (χ2v) is 6.48. The number of carbonyl (C=O) groups is 1. The summed E-state index contributed by atoms with van der Waals surface area (Å²) in [7, 11) is 0. The fraction of sp³-hybridized carbons (Fsp3) is 0.529. The summed E-state index contributed by atoms with van der Waals surface area (Å²) in [6, 6.07) is 9.93. The van der Waals surface area contributed by atoms with E-state index in [1.165, 1.54) is 5.56 Å². The highest BCUT2D eigenvalue weighted by atomic mass is 16.6. The van der Waals surface area contributed by atoms with Gasteiger partial charge in [-0.3, -0.25) is 0 Å². The highest BCUT2D eigenvalue weighted by molar-refractivity contribution is 5.68. The summed E-state index contributed by atoms with van der Waals surface area (Å²) in [5.74, 6) is 0.414. The first-order valence-electron chi connectivity index (χ1n) is 7.37. The molecule has 2 rings (SSSR count). The number of hydrogen-bond acceptors (Lipinski definition) is 3. The molecule has 0 N–H and O–H groups in total. The van der Waals surface area contributed by atoms with E-state index in [0.29, 0.717) is 24.6 Å². The molecule has 0 atom stereocenters. The highest BCUT2D eigenvalue weighted by Gasteiger charge is 2.27. The van der Waals surface area contributed by atoms with E-state index in [-0.39, 0.29) is 6.09 Å². The summed E-state index contributed by atoms with van der Waals surface area (Å²) in [6.07, 6.45) is 1.59. The third-order valence-electron chi connectivity index (χ3n) is 3.63. The van der Waals surface area contributed by atoms with Crippen molar-refractivity contribution in [2.24, 2.45) is 0 Å². The number of ether oxygens (including phenoxy) is 1. The van der Waals surface area contributed by atoms with Gasteiger partial charge < -0.3 is 9.64 Å². The van der Waals surface area contributed by atoms with E-state index in [1.807, 2.05) is 39.0 Å². The van der Waals surface area contributed by atoms with Gasteiger partial charge in [0.05, 0.1) is 11.6 Å². The molecule has 0 bridgehead atoms. The Bertz CT molecular complexity index is 547. The van der Waals surface area contributed by atoms with Crippen LogP contribution in [0.25, 0.3) is 0 Å². The number of rotatable bonds is 1. The highest BCUT2D eigenvalue weighted by Crippen LogP contribution is 2.29. The fourth-order valence-corrected chi connectivity index (χ4v) is 2.58. The standard InChI is InChI=1S/C17H22N2O2/c1-17(2,3)21-16(20)19-9-7-14(8-10-19)15-6-4-5-13(11-15)12-18/h4-6,11,14H,7-10H2,1-3H3. The normalized spacial score (nSPS) is 16.4. The molecule has 0 saturated carbocycles. The molecule has 112 valence electrons. The maximum Gasteiger partial charge on any atom is 0.410 e. The van der Waals surface area contributed by atoms with Crippen molar-refractivity contribution in [3.63, 3.8) is 0 Å². The molecule has 0 spiro atoms. The second-order valence-electron chi connectivity index (χ2n) is 6.48. The van der Waals surface area contributed by atoms with Crippen LogP contribution in [0.15, 0.2) is 24.3 Å². The van der Waals surface area contributed by atoms with Crippen molar-refractivity contribution in [3.8, 4) is 6.07 Å². The molecule has 1 aliphatic rings. The van der Waals surface area contributed by atoms with Gasteiger partial charge in [-0.15, -0.1) is 0 Å². The summed E-state index contributed by atoms with van der Waals surface area (Å²) in [5.41, 5.74) is 1.44. The van der Waals surface area contributed by atoms with Gasteiger partial charge >= 0.3 is 6.09 Å². The zero-order valence-corrected chi connectivity index (χ0v) is 12.9. The number of nitriles is 1. The van der Waals surface area contributed by atoms with E-state index >= 15 is 0 Å². The molecule has 1 heterocycles. The first-order chi connectivity index (χ1) is 9.89. The van der Waals surface area contributed by atoms with Gasteiger partial charge in [0.15, 0.2) is 0 Å². The minimum Gasteiger partial charge on any atom is -0.444 e. The van der Waals surface area contributed by atoms with E-state index in [0.717, 1.165) is 12.8 Å². The molecule has 1 amide bonds. The lowest BCUT2D eigenvalue weighted by molar-refractivity contribution is 0.0205. The molecule has 1 aromatic carbocycles. The molecule has 4 nitrogen and oxygen atoms in total. The summed E-state index contributed by atoms with van der Waals surface area (Å²) in [6.45, 7) is 7.05. The SMILES string of the molecule is CC(C)(C)OC(=O)N1CCC(c2cccc(C#N)c2)CC1. The third-order valence-corrected chi connectivity index (χ3v) is 3.63. The Labute approximate surface area is 126 Å². The van der Waals surface area contributed by atoms with Gasteiger partial charge in [0.2, 0.25) is 0 Å². The smallest absolute Gasteiger partial charge is 0.410 e. The fourth-order valence-electron chi connectivity index (χ4n) is 2.58. The van der Waals surface area contributed by atoms with Gasteiger partial charge in [0.25, 0.3) is 0 Å². The van der Waals surface area contributed by atoms with Crippen molar-refractivity contribution >= 4 is 6.09 Å². The van der Waals surface area contributed by atoms with E-state index in [1.54, 1.807) is 4.90 Å². The third kappa shape index (κ3) is 4.22. The first kappa shape index (κ1) is 15.4. The zero-order valence-electron chi connectivity index (χ0n) is 12.9. The van der Waals surface area contributed by atoms with Crippen molar-refractivity contribution in [2.75, 3.05) is 13.1 Å². The quantitative estimate of drug-likeness (QED) is 0.791. The van der Waals surface area contributed by atoms with Crippen molar-refractivity contribution in [2.45, 2.75) is 45.1 Å².